The average molecular weight is 265 g/mol. The summed E-state index contributed by atoms with van der Waals surface area (Å²) in [4.78, 5) is 17.8. The Kier molecular flexibility index (Phi) is 5.25. The summed E-state index contributed by atoms with van der Waals surface area (Å²) in [5.74, 6) is -0.291. The van der Waals surface area contributed by atoms with E-state index in [9.17, 15) is 4.79 Å². The summed E-state index contributed by atoms with van der Waals surface area (Å²) < 4.78 is 0. The zero-order chi connectivity index (χ0) is 14.4. The van der Waals surface area contributed by atoms with E-state index in [0.29, 0.717) is 17.8 Å². The summed E-state index contributed by atoms with van der Waals surface area (Å²) in [7, 11) is 3.89. The highest BCUT2D eigenvalue weighted by Crippen LogP contribution is 2.00. The second-order valence-electron chi connectivity index (χ2n) is 4.44. The lowest BCUT2D eigenvalue weighted by Crippen LogP contribution is -2.38. The van der Waals surface area contributed by atoms with Gasteiger partial charge in [-0.25, -0.2) is 0 Å². The maximum absolute atomic E-state index is 11.8. The SMILES string of the molecule is CC(CNC(=O)c1ccc(C(N)=NO)cn1)N(C)C. The Morgan fingerprint density at radius 2 is 2.26 bits per heavy atom. The molecule has 0 aliphatic carbocycles. The Morgan fingerprint density at radius 1 is 1.58 bits per heavy atom. The van der Waals surface area contributed by atoms with Gasteiger partial charge in [0.15, 0.2) is 5.84 Å². The Bertz CT molecular complexity index is 456. The standard InChI is InChI=1S/C12H19N5O2/c1-8(17(2)3)6-15-12(18)10-5-4-9(7-14-10)11(13)16-19/h4-5,7-8,19H,6H2,1-3H3,(H2,13,16)(H,15,18). The van der Waals surface area contributed by atoms with Gasteiger partial charge in [-0.1, -0.05) is 5.16 Å². The number of nitrogens with two attached hydrogens (primary N) is 1. The molecule has 0 aliphatic heterocycles. The Hall–Kier alpha value is -2.15. The first-order valence-electron chi connectivity index (χ1n) is 5.84. The molecular formula is C12H19N5O2. The molecule has 0 aromatic carbocycles. The third-order valence-corrected chi connectivity index (χ3v) is 2.84. The monoisotopic (exact) mass is 265 g/mol. The molecule has 0 bridgehead atoms. The number of amidine groups is 1. The zero-order valence-corrected chi connectivity index (χ0v) is 11.3. The molecule has 1 atom stereocenters. The molecule has 7 heteroatoms. The molecule has 1 aromatic rings. The lowest BCUT2D eigenvalue weighted by Gasteiger charge is -2.19. The first kappa shape index (κ1) is 14.9. The van der Waals surface area contributed by atoms with Gasteiger partial charge in [0, 0.05) is 24.3 Å². The summed E-state index contributed by atoms with van der Waals surface area (Å²) in [6, 6.07) is 3.34. The topological polar surface area (TPSA) is 104 Å². The summed E-state index contributed by atoms with van der Waals surface area (Å²) in [5.41, 5.74) is 6.16. The van der Waals surface area contributed by atoms with E-state index in [1.807, 2.05) is 25.9 Å². The third-order valence-electron chi connectivity index (χ3n) is 2.84. The lowest BCUT2D eigenvalue weighted by atomic mass is 10.2. The van der Waals surface area contributed by atoms with Crippen molar-refractivity contribution >= 4 is 11.7 Å². The van der Waals surface area contributed by atoms with Gasteiger partial charge in [-0.15, -0.1) is 0 Å². The number of oxime groups is 1. The van der Waals surface area contributed by atoms with Crippen LogP contribution in [0.5, 0.6) is 0 Å². The molecule has 1 unspecified atom stereocenters. The van der Waals surface area contributed by atoms with E-state index in [-0.39, 0.29) is 17.8 Å². The van der Waals surface area contributed by atoms with Crippen LogP contribution in [0.25, 0.3) is 0 Å². The number of carbonyl (C=O) groups excluding carboxylic acids is 1. The minimum atomic E-state index is -0.250. The summed E-state index contributed by atoms with van der Waals surface area (Å²) in [6.45, 7) is 2.55. The van der Waals surface area contributed by atoms with Crippen LogP contribution in [0, 0.1) is 0 Å². The fourth-order valence-corrected chi connectivity index (χ4v) is 1.25. The van der Waals surface area contributed by atoms with Crippen LogP contribution in [0.15, 0.2) is 23.5 Å². The largest absolute Gasteiger partial charge is 0.409 e. The highest BCUT2D eigenvalue weighted by atomic mass is 16.4. The normalized spacial score (nSPS) is 13.4. The summed E-state index contributed by atoms with van der Waals surface area (Å²) >= 11 is 0. The number of pyridine rings is 1. The van der Waals surface area contributed by atoms with Crippen molar-refractivity contribution in [2.45, 2.75) is 13.0 Å². The van der Waals surface area contributed by atoms with E-state index >= 15 is 0 Å². The average Bonchev–Trinajstić information content (AvgIpc) is 2.43. The molecule has 7 nitrogen and oxygen atoms in total. The summed E-state index contributed by atoms with van der Waals surface area (Å²) in [5, 5.41) is 14.2. The molecule has 0 radical (unpaired) electrons. The van der Waals surface area contributed by atoms with Gasteiger partial charge in [0.2, 0.25) is 0 Å². The van der Waals surface area contributed by atoms with Gasteiger partial charge in [-0.05, 0) is 33.2 Å². The Labute approximate surface area is 112 Å². The molecule has 0 spiro atoms. The molecule has 0 saturated carbocycles. The molecule has 1 amide bonds. The zero-order valence-electron chi connectivity index (χ0n) is 11.3. The van der Waals surface area contributed by atoms with Crippen LogP contribution in [0.4, 0.5) is 0 Å². The molecule has 19 heavy (non-hydrogen) atoms. The smallest absolute Gasteiger partial charge is 0.269 e. The number of rotatable bonds is 5. The molecule has 1 aromatic heterocycles. The van der Waals surface area contributed by atoms with Crippen LogP contribution in [0.3, 0.4) is 0 Å². The van der Waals surface area contributed by atoms with Crippen molar-refractivity contribution in [2.24, 2.45) is 10.9 Å². The maximum Gasteiger partial charge on any atom is 0.269 e. The number of hydrogen-bond donors (Lipinski definition) is 3. The highest BCUT2D eigenvalue weighted by Gasteiger charge is 2.10. The molecule has 1 heterocycles. The van der Waals surface area contributed by atoms with Crippen LogP contribution in [-0.2, 0) is 0 Å². The number of carbonyl (C=O) groups is 1. The predicted octanol–water partition coefficient (Wildman–Crippen LogP) is -0.144. The second-order valence-corrected chi connectivity index (χ2v) is 4.44. The molecule has 0 saturated heterocycles. The fourth-order valence-electron chi connectivity index (χ4n) is 1.25. The maximum atomic E-state index is 11.8. The van der Waals surface area contributed by atoms with Crippen LogP contribution in [0.2, 0.25) is 0 Å². The third kappa shape index (κ3) is 4.22. The minimum Gasteiger partial charge on any atom is -0.409 e. The van der Waals surface area contributed by atoms with Crippen molar-refractivity contribution in [3.63, 3.8) is 0 Å². The van der Waals surface area contributed by atoms with Gasteiger partial charge in [0.25, 0.3) is 5.91 Å². The molecular weight excluding hydrogens is 246 g/mol. The van der Waals surface area contributed by atoms with Crippen molar-refractivity contribution in [3.05, 3.63) is 29.6 Å². The van der Waals surface area contributed by atoms with Crippen LogP contribution in [-0.4, -0.2) is 53.5 Å². The van der Waals surface area contributed by atoms with Crippen LogP contribution < -0.4 is 11.1 Å². The van der Waals surface area contributed by atoms with E-state index in [4.69, 9.17) is 10.9 Å². The number of hydrogen-bond acceptors (Lipinski definition) is 5. The molecule has 104 valence electrons. The van der Waals surface area contributed by atoms with Crippen LogP contribution in [0.1, 0.15) is 23.0 Å². The minimum absolute atomic E-state index is 0.0410. The van der Waals surface area contributed by atoms with E-state index < -0.39 is 0 Å². The molecule has 0 fully saturated rings. The van der Waals surface area contributed by atoms with Gasteiger partial charge in [0.05, 0.1) is 0 Å². The van der Waals surface area contributed by atoms with E-state index in [2.05, 4.69) is 15.5 Å². The van der Waals surface area contributed by atoms with Crippen molar-refractivity contribution in [3.8, 4) is 0 Å². The van der Waals surface area contributed by atoms with Gasteiger partial charge < -0.3 is 21.2 Å². The lowest BCUT2D eigenvalue weighted by molar-refractivity contribution is 0.0938. The van der Waals surface area contributed by atoms with Gasteiger partial charge in [-0.2, -0.15) is 0 Å². The number of nitrogens with one attached hydrogen (secondary N) is 1. The van der Waals surface area contributed by atoms with Crippen LogP contribution >= 0.6 is 0 Å². The van der Waals surface area contributed by atoms with E-state index in [0.717, 1.165) is 0 Å². The Morgan fingerprint density at radius 3 is 2.74 bits per heavy atom. The fraction of sp³-hybridized carbons (Fsp3) is 0.417. The van der Waals surface area contributed by atoms with Crippen molar-refractivity contribution in [1.29, 1.82) is 0 Å². The number of aromatic nitrogens is 1. The predicted molar refractivity (Wildman–Crippen MR) is 72.2 cm³/mol. The van der Waals surface area contributed by atoms with Gasteiger partial charge in [0.1, 0.15) is 5.69 Å². The number of nitrogens with zero attached hydrogens (tertiary/aromatic N) is 3. The number of amides is 1. The van der Waals surface area contributed by atoms with Gasteiger partial charge >= 0.3 is 0 Å². The number of likely N-dealkylation sites (N-methyl/N-ethyl adjacent to an activating group) is 1. The molecule has 1 rings (SSSR count). The van der Waals surface area contributed by atoms with E-state index in [1.54, 1.807) is 6.07 Å². The summed E-state index contributed by atoms with van der Waals surface area (Å²) in [6.07, 6.45) is 1.39. The van der Waals surface area contributed by atoms with Crippen molar-refractivity contribution in [2.75, 3.05) is 20.6 Å². The quantitative estimate of drug-likeness (QED) is 0.297. The highest BCUT2D eigenvalue weighted by molar-refractivity contribution is 5.98. The van der Waals surface area contributed by atoms with Crippen molar-refractivity contribution < 1.29 is 10.0 Å². The first-order chi connectivity index (χ1) is 8.95. The molecule has 0 aliphatic rings. The second kappa shape index (κ2) is 6.69. The molecule has 4 N–H and O–H groups in total. The Balaban J connectivity index is 2.63. The van der Waals surface area contributed by atoms with E-state index in [1.165, 1.54) is 12.3 Å². The van der Waals surface area contributed by atoms with Gasteiger partial charge in [-0.3, -0.25) is 9.78 Å². The van der Waals surface area contributed by atoms with Crippen molar-refractivity contribution in [1.82, 2.24) is 15.2 Å². The first-order valence-corrected chi connectivity index (χ1v) is 5.84.